The minimum atomic E-state index is -0.849. The van der Waals surface area contributed by atoms with Crippen LogP contribution >= 0.6 is 11.3 Å². The van der Waals surface area contributed by atoms with Crippen LogP contribution in [0, 0.1) is 24.7 Å². The highest BCUT2D eigenvalue weighted by atomic mass is 32.1. The van der Waals surface area contributed by atoms with Crippen LogP contribution in [0.25, 0.3) is 21.6 Å². The Morgan fingerprint density at radius 1 is 1.17 bits per heavy atom. The SMILES string of the molecule is COc1ccc2c(O[C@H]3CN(C(=O)[C@@H](N)CCCCC/C=C\[C@@H]4C[C@@H]4C(=O)O)[C@H](C(N)=O)[C@@H]3C)cc(-c3nc(C(C)C)cs3)nc2c1C. The average Bonchev–Trinajstić information content (AvgIpc) is 3.51. The first-order valence-corrected chi connectivity index (χ1v) is 17.6. The van der Waals surface area contributed by atoms with Gasteiger partial charge >= 0.3 is 5.97 Å². The summed E-state index contributed by atoms with van der Waals surface area (Å²) >= 11 is 1.52. The molecule has 0 radical (unpaired) electrons. The molecular formula is C36H47N5O6S. The number of nitrogens with two attached hydrogens (primary N) is 2. The number of pyridine rings is 1. The number of unbranched alkanes of at least 4 members (excludes halogenated alkanes) is 3. The molecule has 0 bridgehead atoms. The monoisotopic (exact) mass is 677 g/mol. The molecule has 1 aromatic carbocycles. The van der Waals surface area contributed by atoms with Crippen LogP contribution in [0.15, 0.2) is 35.7 Å². The molecule has 2 amide bonds. The number of hydrogen-bond donors (Lipinski definition) is 3. The summed E-state index contributed by atoms with van der Waals surface area (Å²) in [5, 5.41) is 12.6. The lowest BCUT2D eigenvalue weighted by molar-refractivity contribution is -0.139. The van der Waals surface area contributed by atoms with E-state index in [1.807, 2.05) is 43.5 Å². The van der Waals surface area contributed by atoms with E-state index in [1.54, 1.807) is 7.11 Å². The summed E-state index contributed by atoms with van der Waals surface area (Å²) in [5.41, 5.74) is 15.5. The fourth-order valence-electron chi connectivity index (χ4n) is 6.51. The molecule has 12 heteroatoms. The van der Waals surface area contributed by atoms with Crippen LogP contribution < -0.4 is 20.9 Å². The van der Waals surface area contributed by atoms with E-state index in [0.29, 0.717) is 23.6 Å². The number of methoxy groups -OCH3 is 1. The predicted molar refractivity (Wildman–Crippen MR) is 186 cm³/mol. The Balaban J connectivity index is 1.28. The number of allylic oxidation sites excluding steroid dienone is 2. The van der Waals surface area contributed by atoms with Crippen LogP contribution in [0.2, 0.25) is 0 Å². The summed E-state index contributed by atoms with van der Waals surface area (Å²) in [5.74, 6) is -0.521. The summed E-state index contributed by atoms with van der Waals surface area (Å²) in [6.07, 6.45) is 8.18. The fourth-order valence-corrected chi connectivity index (χ4v) is 7.45. The van der Waals surface area contributed by atoms with Crippen molar-refractivity contribution in [2.24, 2.45) is 29.2 Å². The number of benzene rings is 1. The van der Waals surface area contributed by atoms with E-state index in [-0.39, 0.29) is 36.1 Å². The first-order valence-electron chi connectivity index (χ1n) is 16.8. The van der Waals surface area contributed by atoms with E-state index in [9.17, 15) is 14.4 Å². The lowest BCUT2D eigenvalue weighted by atomic mass is 9.99. The van der Waals surface area contributed by atoms with E-state index in [1.165, 1.54) is 16.2 Å². The Hall–Kier alpha value is -4.03. The number of carboxylic acid groups (broad SMARTS) is 1. The van der Waals surface area contributed by atoms with Crippen molar-refractivity contribution in [2.45, 2.75) is 90.3 Å². The Morgan fingerprint density at radius 2 is 1.94 bits per heavy atom. The third kappa shape index (κ3) is 7.65. The van der Waals surface area contributed by atoms with Crippen LogP contribution in [0.3, 0.4) is 0 Å². The number of amides is 2. The molecule has 0 spiro atoms. The highest BCUT2D eigenvalue weighted by Crippen LogP contribution is 2.40. The number of fused-ring (bicyclic) bond motifs is 1. The zero-order valence-electron chi connectivity index (χ0n) is 28.3. The van der Waals surface area contributed by atoms with Crippen molar-refractivity contribution in [2.75, 3.05) is 13.7 Å². The fraction of sp³-hybridized carbons (Fsp3) is 0.528. The largest absolute Gasteiger partial charge is 0.496 e. The van der Waals surface area contributed by atoms with Crippen molar-refractivity contribution in [1.82, 2.24) is 14.9 Å². The molecule has 48 heavy (non-hydrogen) atoms. The van der Waals surface area contributed by atoms with E-state index in [2.05, 4.69) is 19.9 Å². The number of hydrogen-bond acceptors (Lipinski definition) is 9. The number of nitrogens with zero attached hydrogens (tertiary/aromatic N) is 3. The Kier molecular flexibility index (Phi) is 11.0. The lowest BCUT2D eigenvalue weighted by Gasteiger charge is -2.26. The summed E-state index contributed by atoms with van der Waals surface area (Å²) in [4.78, 5) is 48.6. The zero-order chi connectivity index (χ0) is 34.7. The molecule has 1 saturated carbocycles. The van der Waals surface area contributed by atoms with Gasteiger partial charge in [0.1, 0.15) is 34.3 Å². The van der Waals surface area contributed by atoms with Crippen molar-refractivity contribution >= 4 is 40.0 Å². The smallest absolute Gasteiger partial charge is 0.307 e. The Labute approximate surface area is 285 Å². The molecule has 3 heterocycles. The second kappa shape index (κ2) is 15.0. The first-order chi connectivity index (χ1) is 22.9. The quantitative estimate of drug-likeness (QED) is 0.140. The van der Waals surface area contributed by atoms with Gasteiger partial charge in [0, 0.05) is 28.3 Å². The maximum absolute atomic E-state index is 13.6. The number of aliphatic carboxylic acids is 1. The van der Waals surface area contributed by atoms with Crippen molar-refractivity contribution in [3.05, 3.63) is 47.0 Å². The van der Waals surface area contributed by atoms with Crippen LogP contribution in [0.1, 0.15) is 76.5 Å². The maximum Gasteiger partial charge on any atom is 0.307 e. The molecular weight excluding hydrogens is 630 g/mol. The second-order valence-corrected chi connectivity index (χ2v) is 14.3. The molecule has 3 aromatic rings. The van der Waals surface area contributed by atoms with Crippen molar-refractivity contribution in [3.8, 4) is 22.2 Å². The van der Waals surface area contributed by atoms with Gasteiger partial charge in [0.25, 0.3) is 0 Å². The molecule has 1 saturated heterocycles. The van der Waals surface area contributed by atoms with Gasteiger partial charge in [-0.1, -0.05) is 45.8 Å². The molecule has 2 fully saturated rings. The lowest BCUT2D eigenvalue weighted by Crippen LogP contribution is -2.51. The molecule has 11 nitrogen and oxygen atoms in total. The molecule has 6 atom stereocenters. The molecule has 1 aliphatic carbocycles. The number of carbonyl (C=O) groups excluding carboxylic acids is 2. The summed E-state index contributed by atoms with van der Waals surface area (Å²) in [6, 6.07) is 4.05. The minimum absolute atomic E-state index is 0.158. The average molecular weight is 678 g/mol. The third-order valence-electron chi connectivity index (χ3n) is 9.59. The number of aromatic nitrogens is 2. The normalized spacial score (nSPS) is 22.8. The van der Waals surface area contributed by atoms with E-state index >= 15 is 0 Å². The zero-order valence-corrected chi connectivity index (χ0v) is 29.2. The number of ether oxygens (including phenoxy) is 2. The van der Waals surface area contributed by atoms with Gasteiger partial charge in [-0.05, 0) is 56.6 Å². The van der Waals surface area contributed by atoms with Gasteiger partial charge in [-0.15, -0.1) is 11.3 Å². The van der Waals surface area contributed by atoms with Crippen LogP contribution in [0.5, 0.6) is 11.5 Å². The molecule has 2 aliphatic rings. The van der Waals surface area contributed by atoms with Crippen LogP contribution in [-0.4, -0.2) is 69.6 Å². The van der Waals surface area contributed by atoms with E-state index < -0.39 is 30.1 Å². The van der Waals surface area contributed by atoms with Gasteiger partial charge in [-0.2, -0.15) is 0 Å². The summed E-state index contributed by atoms with van der Waals surface area (Å²) in [6.45, 7) is 8.20. The van der Waals surface area contributed by atoms with Gasteiger partial charge in [-0.3, -0.25) is 14.4 Å². The van der Waals surface area contributed by atoms with Gasteiger partial charge in [0.15, 0.2) is 0 Å². The Morgan fingerprint density at radius 3 is 2.58 bits per heavy atom. The predicted octanol–water partition coefficient (Wildman–Crippen LogP) is 5.43. The second-order valence-electron chi connectivity index (χ2n) is 13.4. The Bertz CT molecular complexity index is 1690. The highest BCUT2D eigenvalue weighted by molar-refractivity contribution is 7.13. The highest BCUT2D eigenvalue weighted by Gasteiger charge is 2.47. The van der Waals surface area contributed by atoms with Gasteiger partial charge in [0.2, 0.25) is 11.8 Å². The van der Waals surface area contributed by atoms with Gasteiger partial charge < -0.3 is 30.9 Å². The van der Waals surface area contributed by atoms with E-state index in [4.69, 9.17) is 36.0 Å². The number of carbonyl (C=O) groups is 3. The van der Waals surface area contributed by atoms with Crippen LogP contribution in [0.4, 0.5) is 0 Å². The number of primary amides is 1. The molecule has 5 N–H and O–H groups in total. The number of likely N-dealkylation sites (tertiary alicyclic amines) is 1. The number of thiazole rings is 1. The molecule has 258 valence electrons. The third-order valence-corrected chi connectivity index (χ3v) is 10.5. The van der Waals surface area contributed by atoms with Gasteiger partial charge in [0.05, 0.1) is 36.8 Å². The van der Waals surface area contributed by atoms with Gasteiger partial charge in [-0.25, -0.2) is 9.97 Å². The van der Waals surface area contributed by atoms with Crippen molar-refractivity contribution in [3.63, 3.8) is 0 Å². The topological polar surface area (TPSA) is 171 Å². The molecule has 2 aromatic heterocycles. The molecule has 0 unspecified atom stereocenters. The minimum Gasteiger partial charge on any atom is -0.496 e. The molecule has 5 rings (SSSR count). The standard InChI is InChI=1S/C36H47N5O6S/c1-19(2)27-18-48-34(40-27)26-16-29(23-13-14-28(46-5)20(3)31(23)39-26)47-30-17-41(32(21(30)4)33(38)42)35(43)25(37)12-10-8-6-7-9-11-22-15-24(22)36(44)45/h9,11,13-14,16,18-19,21-22,24-25,30,32H,6-8,10,12,15,17,37H2,1-5H3,(H2,38,42)(H,44,45)/b11-9-/t21-,22-,24+,25+,30+,32+/m1/s1. The van der Waals surface area contributed by atoms with Crippen molar-refractivity contribution in [1.29, 1.82) is 0 Å². The number of aryl methyl sites for hydroxylation is 1. The van der Waals surface area contributed by atoms with E-state index in [0.717, 1.165) is 59.3 Å². The van der Waals surface area contributed by atoms with Crippen molar-refractivity contribution < 1.29 is 29.0 Å². The number of rotatable bonds is 15. The maximum atomic E-state index is 13.6. The van der Waals surface area contributed by atoms with Crippen LogP contribution in [-0.2, 0) is 14.4 Å². The first kappa shape index (κ1) is 35.3. The summed E-state index contributed by atoms with van der Waals surface area (Å²) in [7, 11) is 1.62. The number of carboxylic acids is 1. The molecule has 1 aliphatic heterocycles. The summed E-state index contributed by atoms with van der Waals surface area (Å²) < 4.78 is 12.3.